The summed E-state index contributed by atoms with van der Waals surface area (Å²) >= 11 is 1.23. The van der Waals surface area contributed by atoms with E-state index in [1.54, 1.807) is 31.6 Å². The van der Waals surface area contributed by atoms with Crippen molar-refractivity contribution in [2.75, 3.05) is 23.9 Å². The van der Waals surface area contributed by atoms with Crippen molar-refractivity contribution in [3.05, 3.63) is 30.2 Å². The van der Waals surface area contributed by atoms with E-state index in [-0.39, 0.29) is 11.7 Å². The van der Waals surface area contributed by atoms with Gasteiger partial charge in [0.05, 0.1) is 29.9 Å². The number of thioether (sulfide) groups is 1. The van der Waals surface area contributed by atoms with Crippen molar-refractivity contribution in [1.82, 2.24) is 4.98 Å². The van der Waals surface area contributed by atoms with E-state index >= 15 is 0 Å². The Morgan fingerprint density at radius 3 is 2.95 bits per heavy atom. The maximum Gasteiger partial charge on any atom is 0.256 e. The minimum atomic E-state index is -0.178. The average Bonchev–Trinajstić information content (AvgIpc) is 2.84. The van der Waals surface area contributed by atoms with Crippen LogP contribution in [0.3, 0.4) is 0 Å². The Balaban J connectivity index is 1.91. The number of anilines is 2. The second kappa shape index (κ2) is 6.33. The molecule has 106 valence electrons. The number of carbonyl (C=O) groups excluding carboxylic acids is 1. The molecule has 0 saturated carbocycles. The van der Waals surface area contributed by atoms with Crippen LogP contribution in [-0.2, 0) is 4.79 Å². The molecule has 0 saturated heterocycles. The van der Waals surface area contributed by atoms with Crippen molar-refractivity contribution >= 4 is 29.0 Å². The van der Waals surface area contributed by atoms with Gasteiger partial charge in [-0.15, -0.1) is 0 Å². The van der Waals surface area contributed by atoms with Gasteiger partial charge in [-0.25, -0.2) is 4.98 Å². The molecular formula is C13H15N3O3S. The van der Waals surface area contributed by atoms with Crippen LogP contribution in [0.15, 0.2) is 34.1 Å². The molecule has 2 rings (SSSR count). The minimum absolute atomic E-state index is 0.178. The van der Waals surface area contributed by atoms with Gasteiger partial charge in [-0.05, 0) is 19.1 Å². The van der Waals surface area contributed by atoms with E-state index in [0.29, 0.717) is 22.3 Å². The van der Waals surface area contributed by atoms with Crippen molar-refractivity contribution in [3.63, 3.8) is 0 Å². The predicted octanol–water partition coefficient (Wildman–Crippen LogP) is 2.30. The molecule has 2 aromatic rings. The fourth-order valence-electron chi connectivity index (χ4n) is 1.49. The number of methoxy groups -OCH3 is 1. The van der Waals surface area contributed by atoms with Gasteiger partial charge in [0.2, 0.25) is 5.91 Å². The number of nitrogen functional groups attached to an aromatic ring is 1. The van der Waals surface area contributed by atoms with Crippen LogP contribution < -0.4 is 15.8 Å². The number of hydrogen-bond donors (Lipinski definition) is 2. The maximum atomic E-state index is 11.8. The average molecular weight is 293 g/mol. The van der Waals surface area contributed by atoms with Crippen LogP contribution in [0.1, 0.15) is 5.69 Å². The normalized spacial score (nSPS) is 10.3. The summed E-state index contributed by atoms with van der Waals surface area (Å²) in [6, 6.07) is 5.09. The Hall–Kier alpha value is -2.15. The molecule has 0 aliphatic carbocycles. The van der Waals surface area contributed by atoms with Gasteiger partial charge in [-0.1, -0.05) is 11.8 Å². The molecule has 0 unspecified atom stereocenters. The summed E-state index contributed by atoms with van der Waals surface area (Å²) in [7, 11) is 1.56. The van der Waals surface area contributed by atoms with Crippen molar-refractivity contribution < 1.29 is 13.9 Å². The highest BCUT2D eigenvalue weighted by molar-refractivity contribution is 7.99. The van der Waals surface area contributed by atoms with E-state index in [0.717, 1.165) is 5.69 Å². The molecule has 0 bridgehead atoms. The molecule has 1 aromatic heterocycles. The standard InChI is InChI=1S/C13H15N3O3S/c1-8-6-19-13(15-8)20-7-12(17)16-11-4-3-9(18-2)5-10(11)14/h3-6H,7,14H2,1-2H3,(H,16,17). The SMILES string of the molecule is COc1ccc(NC(=O)CSc2nc(C)co2)c(N)c1. The number of hydrogen-bond acceptors (Lipinski definition) is 6. The number of benzene rings is 1. The lowest BCUT2D eigenvalue weighted by Gasteiger charge is -2.09. The fourth-order valence-corrected chi connectivity index (χ4v) is 2.15. The lowest BCUT2D eigenvalue weighted by molar-refractivity contribution is -0.113. The molecule has 3 N–H and O–H groups in total. The fraction of sp³-hybridized carbons (Fsp3) is 0.231. The molecule has 0 atom stereocenters. The quantitative estimate of drug-likeness (QED) is 0.649. The van der Waals surface area contributed by atoms with Crippen LogP contribution >= 0.6 is 11.8 Å². The highest BCUT2D eigenvalue weighted by atomic mass is 32.2. The van der Waals surface area contributed by atoms with Gasteiger partial charge in [0.15, 0.2) is 0 Å². The van der Waals surface area contributed by atoms with Crippen molar-refractivity contribution in [3.8, 4) is 5.75 Å². The summed E-state index contributed by atoms with van der Waals surface area (Å²) < 4.78 is 10.2. The third-order valence-corrected chi connectivity index (χ3v) is 3.30. The van der Waals surface area contributed by atoms with Crippen molar-refractivity contribution in [1.29, 1.82) is 0 Å². The van der Waals surface area contributed by atoms with Crippen molar-refractivity contribution in [2.24, 2.45) is 0 Å². The second-order valence-electron chi connectivity index (χ2n) is 4.04. The van der Waals surface area contributed by atoms with Crippen molar-refractivity contribution in [2.45, 2.75) is 12.1 Å². The summed E-state index contributed by atoms with van der Waals surface area (Å²) in [5.41, 5.74) is 7.62. The summed E-state index contributed by atoms with van der Waals surface area (Å²) in [4.78, 5) is 15.9. The number of nitrogens with zero attached hydrogens (tertiary/aromatic N) is 1. The lowest BCUT2D eigenvalue weighted by atomic mass is 10.2. The van der Waals surface area contributed by atoms with Gasteiger partial charge in [-0.3, -0.25) is 4.79 Å². The Labute approximate surface area is 120 Å². The zero-order chi connectivity index (χ0) is 14.5. The van der Waals surface area contributed by atoms with Crippen LogP contribution in [0, 0.1) is 6.92 Å². The largest absolute Gasteiger partial charge is 0.497 e. The predicted molar refractivity (Wildman–Crippen MR) is 78.0 cm³/mol. The molecular weight excluding hydrogens is 278 g/mol. The van der Waals surface area contributed by atoms with E-state index in [9.17, 15) is 4.79 Å². The first-order chi connectivity index (χ1) is 9.58. The topological polar surface area (TPSA) is 90.4 Å². The van der Waals surface area contributed by atoms with Crippen LogP contribution in [0.5, 0.6) is 5.75 Å². The highest BCUT2D eigenvalue weighted by Gasteiger charge is 2.09. The summed E-state index contributed by atoms with van der Waals surface area (Å²) in [6.45, 7) is 1.83. The summed E-state index contributed by atoms with van der Waals surface area (Å²) in [5.74, 6) is 0.665. The van der Waals surface area contributed by atoms with E-state index in [1.165, 1.54) is 11.8 Å². The second-order valence-corrected chi connectivity index (χ2v) is 4.97. The van der Waals surface area contributed by atoms with E-state index < -0.39 is 0 Å². The van der Waals surface area contributed by atoms with Gasteiger partial charge in [0.25, 0.3) is 5.22 Å². The lowest BCUT2D eigenvalue weighted by Crippen LogP contribution is -2.15. The Morgan fingerprint density at radius 1 is 1.55 bits per heavy atom. The molecule has 0 aliphatic rings. The van der Waals surface area contributed by atoms with E-state index in [4.69, 9.17) is 14.9 Å². The third kappa shape index (κ3) is 3.67. The van der Waals surface area contributed by atoms with Crippen LogP contribution in [0.2, 0.25) is 0 Å². The minimum Gasteiger partial charge on any atom is -0.497 e. The Bertz CT molecular complexity index is 613. The van der Waals surface area contributed by atoms with Gasteiger partial charge >= 0.3 is 0 Å². The van der Waals surface area contributed by atoms with Crippen LogP contribution in [-0.4, -0.2) is 23.8 Å². The number of nitrogens with two attached hydrogens (primary N) is 1. The molecule has 0 radical (unpaired) electrons. The molecule has 1 amide bonds. The highest BCUT2D eigenvalue weighted by Crippen LogP contribution is 2.24. The zero-order valence-corrected chi connectivity index (χ0v) is 12.0. The first-order valence-electron chi connectivity index (χ1n) is 5.87. The molecule has 7 heteroatoms. The van der Waals surface area contributed by atoms with Gasteiger partial charge in [-0.2, -0.15) is 0 Å². The van der Waals surface area contributed by atoms with E-state index in [1.807, 2.05) is 6.92 Å². The van der Waals surface area contributed by atoms with Gasteiger partial charge in [0.1, 0.15) is 12.0 Å². The molecule has 0 aliphatic heterocycles. The number of amides is 1. The van der Waals surface area contributed by atoms with Crippen LogP contribution in [0.4, 0.5) is 11.4 Å². The Kier molecular flexibility index (Phi) is 4.52. The monoisotopic (exact) mass is 293 g/mol. The zero-order valence-electron chi connectivity index (χ0n) is 11.2. The summed E-state index contributed by atoms with van der Waals surface area (Å²) in [6.07, 6.45) is 1.54. The molecule has 20 heavy (non-hydrogen) atoms. The first-order valence-corrected chi connectivity index (χ1v) is 6.85. The number of nitrogens with one attached hydrogen (secondary N) is 1. The van der Waals surface area contributed by atoms with Gasteiger partial charge in [0, 0.05) is 6.07 Å². The number of carbonyl (C=O) groups is 1. The number of oxazole rings is 1. The first kappa shape index (κ1) is 14.3. The van der Waals surface area contributed by atoms with Crippen LogP contribution in [0.25, 0.3) is 0 Å². The number of aryl methyl sites for hydroxylation is 1. The molecule has 0 spiro atoms. The Morgan fingerprint density at radius 2 is 2.35 bits per heavy atom. The molecule has 1 heterocycles. The number of rotatable bonds is 5. The maximum absolute atomic E-state index is 11.8. The molecule has 1 aromatic carbocycles. The van der Waals surface area contributed by atoms with E-state index in [2.05, 4.69) is 10.3 Å². The summed E-state index contributed by atoms with van der Waals surface area (Å²) in [5, 5.41) is 3.20. The third-order valence-electron chi connectivity index (χ3n) is 2.46. The van der Waals surface area contributed by atoms with Gasteiger partial charge < -0.3 is 20.2 Å². The molecule has 0 fully saturated rings. The molecule has 6 nitrogen and oxygen atoms in total. The number of aromatic nitrogens is 1. The number of ether oxygens (including phenoxy) is 1. The smallest absolute Gasteiger partial charge is 0.256 e.